The van der Waals surface area contributed by atoms with Gasteiger partial charge >= 0.3 is 0 Å². The zero-order chi connectivity index (χ0) is 21.8. The first kappa shape index (κ1) is 20.8. The van der Waals surface area contributed by atoms with Crippen molar-refractivity contribution >= 4 is 40.0 Å². The number of carbonyl (C=O) groups excluding carboxylic acids is 1. The number of amides is 1. The van der Waals surface area contributed by atoms with Crippen molar-refractivity contribution in [2.45, 2.75) is 26.7 Å². The normalized spacial score (nSPS) is 10.8. The standard InChI is InChI=1S/C25H23N3O2S/c1-16-12-17(2)24-21(13-16)27-23(30-24)15-19-8-10-20(11-9-19)26-25(31)28-22(29)14-18-6-4-3-5-7-18/h3-13H,14-15H2,1-2H3,(H2,26,28,29,31). The van der Waals surface area contributed by atoms with Gasteiger partial charge in [0.2, 0.25) is 5.91 Å². The lowest BCUT2D eigenvalue weighted by molar-refractivity contribution is -0.119. The zero-order valence-corrected chi connectivity index (χ0v) is 18.3. The fourth-order valence-electron chi connectivity index (χ4n) is 3.49. The van der Waals surface area contributed by atoms with Gasteiger partial charge in [-0.25, -0.2) is 4.98 Å². The summed E-state index contributed by atoms with van der Waals surface area (Å²) in [6.07, 6.45) is 0.886. The highest BCUT2D eigenvalue weighted by molar-refractivity contribution is 7.80. The van der Waals surface area contributed by atoms with Crippen molar-refractivity contribution in [1.82, 2.24) is 10.3 Å². The highest BCUT2D eigenvalue weighted by atomic mass is 32.1. The molecular weight excluding hydrogens is 406 g/mol. The predicted octanol–water partition coefficient (Wildman–Crippen LogP) is 5.09. The molecular formula is C25H23N3O2S. The van der Waals surface area contributed by atoms with Gasteiger partial charge in [-0.2, -0.15) is 0 Å². The number of aryl methyl sites for hydroxylation is 2. The molecule has 1 heterocycles. The Morgan fingerprint density at radius 2 is 1.74 bits per heavy atom. The van der Waals surface area contributed by atoms with Crippen molar-refractivity contribution in [3.8, 4) is 0 Å². The molecule has 3 aromatic carbocycles. The summed E-state index contributed by atoms with van der Waals surface area (Å²) in [5.74, 6) is 0.537. The summed E-state index contributed by atoms with van der Waals surface area (Å²) in [6.45, 7) is 4.09. The number of carbonyl (C=O) groups is 1. The molecule has 0 atom stereocenters. The topological polar surface area (TPSA) is 67.2 Å². The van der Waals surface area contributed by atoms with E-state index in [4.69, 9.17) is 16.6 Å². The summed E-state index contributed by atoms with van der Waals surface area (Å²) >= 11 is 5.26. The van der Waals surface area contributed by atoms with E-state index >= 15 is 0 Å². The fraction of sp³-hybridized carbons (Fsp3) is 0.160. The maximum atomic E-state index is 12.1. The van der Waals surface area contributed by atoms with Crippen LogP contribution in [0.3, 0.4) is 0 Å². The monoisotopic (exact) mass is 429 g/mol. The number of oxazole rings is 1. The molecule has 0 saturated heterocycles. The molecule has 4 rings (SSSR count). The van der Waals surface area contributed by atoms with Gasteiger partial charge in [0.25, 0.3) is 0 Å². The lowest BCUT2D eigenvalue weighted by Gasteiger charge is -2.10. The van der Waals surface area contributed by atoms with Gasteiger partial charge in [-0.3, -0.25) is 4.79 Å². The number of anilines is 1. The summed E-state index contributed by atoms with van der Waals surface area (Å²) in [5.41, 5.74) is 6.82. The number of thiocarbonyl (C=S) groups is 1. The molecule has 6 heteroatoms. The number of nitrogens with zero attached hydrogens (tertiary/aromatic N) is 1. The van der Waals surface area contributed by atoms with Gasteiger partial charge in [0.05, 0.1) is 6.42 Å². The third kappa shape index (κ3) is 5.35. The van der Waals surface area contributed by atoms with E-state index in [1.807, 2.05) is 67.6 Å². The van der Waals surface area contributed by atoms with Gasteiger partial charge in [-0.1, -0.05) is 48.5 Å². The molecule has 0 spiro atoms. The molecule has 4 aromatic rings. The van der Waals surface area contributed by atoms with Crippen molar-refractivity contribution in [1.29, 1.82) is 0 Å². The number of hydrogen-bond donors (Lipinski definition) is 2. The maximum Gasteiger partial charge on any atom is 0.230 e. The van der Waals surface area contributed by atoms with Crippen molar-refractivity contribution < 1.29 is 9.21 Å². The van der Waals surface area contributed by atoms with Crippen molar-refractivity contribution in [2.24, 2.45) is 0 Å². The number of hydrogen-bond acceptors (Lipinski definition) is 4. The maximum absolute atomic E-state index is 12.1. The summed E-state index contributed by atoms with van der Waals surface area (Å²) in [4.78, 5) is 16.8. The van der Waals surface area contributed by atoms with Crippen LogP contribution in [0.5, 0.6) is 0 Å². The van der Waals surface area contributed by atoms with E-state index in [2.05, 4.69) is 28.6 Å². The summed E-state index contributed by atoms with van der Waals surface area (Å²) in [7, 11) is 0. The van der Waals surface area contributed by atoms with E-state index in [9.17, 15) is 4.79 Å². The Balaban J connectivity index is 1.34. The van der Waals surface area contributed by atoms with Gasteiger partial charge in [0, 0.05) is 12.1 Å². The smallest absolute Gasteiger partial charge is 0.230 e. The van der Waals surface area contributed by atoms with Crippen LogP contribution >= 0.6 is 12.2 Å². The van der Waals surface area contributed by atoms with E-state index in [0.29, 0.717) is 12.3 Å². The molecule has 0 aliphatic carbocycles. The van der Waals surface area contributed by atoms with Gasteiger partial charge in [-0.15, -0.1) is 0 Å². The number of nitrogens with one attached hydrogen (secondary N) is 2. The van der Waals surface area contributed by atoms with E-state index in [1.54, 1.807) is 0 Å². The Bertz CT molecular complexity index is 1230. The largest absolute Gasteiger partial charge is 0.440 e. The van der Waals surface area contributed by atoms with Gasteiger partial charge in [0.1, 0.15) is 5.52 Å². The Morgan fingerprint density at radius 3 is 2.48 bits per heavy atom. The Kier molecular flexibility index (Phi) is 6.09. The Morgan fingerprint density at radius 1 is 1.00 bits per heavy atom. The van der Waals surface area contributed by atoms with E-state index in [1.165, 1.54) is 5.56 Å². The van der Waals surface area contributed by atoms with Gasteiger partial charge < -0.3 is 15.1 Å². The molecule has 0 aliphatic heterocycles. The molecule has 0 radical (unpaired) electrons. The minimum absolute atomic E-state index is 0.151. The summed E-state index contributed by atoms with van der Waals surface area (Å²) < 4.78 is 5.95. The van der Waals surface area contributed by atoms with Gasteiger partial charge in [-0.05, 0) is 66.5 Å². The predicted molar refractivity (Wildman–Crippen MR) is 127 cm³/mol. The summed E-state index contributed by atoms with van der Waals surface area (Å²) in [5, 5.41) is 6.03. The molecule has 156 valence electrons. The number of rotatable bonds is 5. The lowest BCUT2D eigenvalue weighted by atomic mass is 10.1. The first-order chi connectivity index (χ1) is 15.0. The highest BCUT2D eigenvalue weighted by Gasteiger charge is 2.10. The van der Waals surface area contributed by atoms with Crippen molar-refractivity contribution in [3.63, 3.8) is 0 Å². The molecule has 1 amide bonds. The second kappa shape index (κ2) is 9.10. The van der Waals surface area contributed by atoms with E-state index < -0.39 is 0 Å². The van der Waals surface area contributed by atoms with Crippen LogP contribution in [0.2, 0.25) is 0 Å². The van der Waals surface area contributed by atoms with Crippen LogP contribution in [0.25, 0.3) is 11.1 Å². The Labute approximate surface area is 186 Å². The number of benzene rings is 3. The first-order valence-corrected chi connectivity index (χ1v) is 10.5. The molecule has 2 N–H and O–H groups in total. The molecule has 0 bridgehead atoms. The Hall–Kier alpha value is -3.51. The van der Waals surface area contributed by atoms with E-state index in [0.717, 1.165) is 33.5 Å². The molecule has 0 aliphatic rings. The van der Waals surface area contributed by atoms with Gasteiger partial charge in [0.15, 0.2) is 16.6 Å². The third-order valence-corrected chi connectivity index (χ3v) is 5.10. The SMILES string of the molecule is Cc1cc(C)c2oc(Cc3ccc(NC(=S)NC(=O)Cc4ccccc4)cc3)nc2c1. The van der Waals surface area contributed by atoms with Crippen LogP contribution in [-0.2, 0) is 17.6 Å². The molecule has 0 unspecified atom stereocenters. The van der Waals surface area contributed by atoms with Crippen LogP contribution in [-0.4, -0.2) is 16.0 Å². The van der Waals surface area contributed by atoms with Crippen LogP contribution in [0.4, 0.5) is 5.69 Å². The first-order valence-electron chi connectivity index (χ1n) is 10.1. The zero-order valence-electron chi connectivity index (χ0n) is 17.4. The molecule has 1 aromatic heterocycles. The van der Waals surface area contributed by atoms with Crippen molar-refractivity contribution in [3.05, 3.63) is 94.9 Å². The van der Waals surface area contributed by atoms with Crippen LogP contribution in [0.1, 0.15) is 28.1 Å². The van der Waals surface area contributed by atoms with Crippen LogP contribution < -0.4 is 10.6 Å². The second-order valence-corrected chi connectivity index (χ2v) is 7.98. The molecule has 0 saturated carbocycles. The van der Waals surface area contributed by atoms with E-state index in [-0.39, 0.29) is 17.4 Å². The minimum atomic E-state index is -0.151. The van der Waals surface area contributed by atoms with Crippen molar-refractivity contribution in [2.75, 3.05) is 5.32 Å². The number of aromatic nitrogens is 1. The molecule has 5 nitrogen and oxygen atoms in total. The van der Waals surface area contributed by atoms with Crippen LogP contribution in [0.15, 0.2) is 71.1 Å². The second-order valence-electron chi connectivity index (χ2n) is 7.58. The fourth-order valence-corrected chi connectivity index (χ4v) is 3.73. The highest BCUT2D eigenvalue weighted by Crippen LogP contribution is 2.23. The molecule has 0 fully saturated rings. The average Bonchev–Trinajstić information content (AvgIpc) is 3.12. The van der Waals surface area contributed by atoms with Crippen LogP contribution in [0, 0.1) is 13.8 Å². The summed E-state index contributed by atoms with van der Waals surface area (Å²) in [6, 6.07) is 21.5. The minimum Gasteiger partial charge on any atom is -0.440 e. The molecule has 31 heavy (non-hydrogen) atoms. The third-order valence-electron chi connectivity index (χ3n) is 4.89. The average molecular weight is 430 g/mol. The lowest BCUT2D eigenvalue weighted by Crippen LogP contribution is -2.35. The number of fused-ring (bicyclic) bond motifs is 1. The quantitative estimate of drug-likeness (QED) is 0.433.